The molecule has 1 aromatic carbocycles. The summed E-state index contributed by atoms with van der Waals surface area (Å²) >= 11 is 0. The summed E-state index contributed by atoms with van der Waals surface area (Å²) in [7, 11) is -2.23. The standard InChI is InChI=1S/C25H33N7O8S/c1-4-6-18-20(16-26-34)29(3)23-22(18)27-24(28-25(23)33)19-15-17(7-8-21(19)39-5-2)41(37,38)31-11-9-30(10-12-31)13-14-40-32(35)36/h7-8,15-16,34H,4-6,9-14H2,1-3H3,(H,27,28,33)/b26-16+. The molecular weight excluding hydrogens is 558 g/mol. The van der Waals surface area contributed by atoms with Gasteiger partial charge >= 0.3 is 0 Å². The number of hydrogen-bond donors (Lipinski definition) is 2. The summed E-state index contributed by atoms with van der Waals surface area (Å²) in [5.74, 6) is 0.503. The highest BCUT2D eigenvalue weighted by atomic mass is 32.2. The van der Waals surface area contributed by atoms with Gasteiger partial charge in [0, 0.05) is 45.3 Å². The fraction of sp³-hybridized carbons (Fsp3) is 0.480. The van der Waals surface area contributed by atoms with Gasteiger partial charge < -0.3 is 24.3 Å². The second-order valence-electron chi connectivity index (χ2n) is 9.42. The molecule has 0 amide bonds. The highest BCUT2D eigenvalue weighted by Crippen LogP contribution is 2.33. The Kier molecular flexibility index (Phi) is 9.25. The molecule has 1 aliphatic heterocycles. The smallest absolute Gasteiger partial charge is 0.294 e. The van der Waals surface area contributed by atoms with E-state index in [2.05, 4.69) is 15.0 Å². The van der Waals surface area contributed by atoms with Crippen molar-refractivity contribution in [2.45, 2.75) is 31.6 Å². The first-order valence-electron chi connectivity index (χ1n) is 13.2. The predicted octanol–water partition coefficient (Wildman–Crippen LogP) is 1.60. The lowest BCUT2D eigenvalue weighted by atomic mass is 10.1. The molecule has 0 aliphatic carbocycles. The average molecular weight is 592 g/mol. The Balaban J connectivity index is 1.72. The van der Waals surface area contributed by atoms with E-state index >= 15 is 0 Å². The zero-order chi connectivity index (χ0) is 29.7. The molecule has 3 heterocycles. The van der Waals surface area contributed by atoms with Gasteiger partial charge in [-0.15, -0.1) is 10.1 Å². The molecule has 3 aromatic rings. The van der Waals surface area contributed by atoms with E-state index in [-0.39, 0.29) is 30.4 Å². The van der Waals surface area contributed by atoms with E-state index in [9.17, 15) is 28.5 Å². The molecule has 1 fully saturated rings. The van der Waals surface area contributed by atoms with E-state index in [0.717, 1.165) is 12.0 Å². The van der Waals surface area contributed by atoms with Gasteiger partial charge in [0.15, 0.2) is 0 Å². The van der Waals surface area contributed by atoms with Crippen LogP contribution < -0.4 is 10.3 Å². The van der Waals surface area contributed by atoms with Crippen molar-refractivity contribution in [3.05, 3.63) is 49.9 Å². The van der Waals surface area contributed by atoms with Crippen LogP contribution >= 0.6 is 0 Å². The second-order valence-corrected chi connectivity index (χ2v) is 11.4. The van der Waals surface area contributed by atoms with Crippen LogP contribution in [0.3, 0.4) is 0 Å². The van der Waals surface area contributed by atoms with E-state index < -0.39 is 20.7 Å². The van der Waals surface area contributed by atoms with Crippen LogP contribution in [0.4, 0.5) is 0 Å². The quantitative estimate of drug-likeness (QED) is 0.136. The van der Waals surface area contributed by atoms with Gasteiger partial charge in [-0.2, -0.15) is 4.31 Å². The Hall–Kier alpha value is -4.02. The Bertz CT molecular complexity index is 1610. The zero-order valence-corrected chi connectivity index (χ0v) is 23.9. The van der Waals surface area contributed by atoms with Gasteiger partial charge in [0.05, 0.1) is 29.0 Å². The van der Waals surface area contributed by atoms with Crippen LogP contribution in [-0.4, -0.2) is 94.6 Å². The summed E-state index contributed by atoms with van der Waals surface area (Å²) in [6.45, 7) is 5.48. The van der Waals surface area contributed by atoms with Crippen molar-refractivity contribution in [2.75, 3.05) is 45.9 Å². The van der Waals surface area contributed by atoms with Crippen LogP contribution in [0.15, 0.2) is 33.0 Å². The number of nitrogens with one attached hydrogen (secondary N) is 1. The van der Waals surface area contributed by atoms with Crippen molar-refractivity contribution < 1.29 is 28.3 Å². The molecule has 15 nitrogen and oxygen atoms in total. The van der Waals surface area contributed by atoms with Gasteiger partial charge in [0.2, 0.25) is 10.0 Å². The Labute approximate surface area is 236 Å². The van der Waals surface area contributed by atoms with Crippen LogP contribution in [0.1, 0.15) is 31.5 Å². The van der Waals surface area contributed by atoms with Gasteiger partial charge in [-0.3, -0.25) is 9.69 Å². The number of sulfonamides is 1. The van der Waals surface area contributed by atoms with Crippen molar-refractivity contribution in [3.8, 4) is 17.1 Å². The third-order valence-electron chi connectivity index (χ3n) is 6.95. The lowest BCUT2D eigenvalue weighted by Crippen LogP contribution is -2.49. The number of aryl methyl sites for hydroxylation is 2. The Morgan fingerprint density at radius 3 is 2.61 bits per heavy atom. The maximum Gasteiger partial charge on any atom is 0.294 e. The molecule has 4 rings (SSSR count). The van der Waals surface area contributed by atoms with Crippen molar-refractivity contribution in [2.24, 2.45) is 12.2 Å². The summed E-state index contributed by atoms with van der Waals surface area (Å²) in [5.41, 5.74) is 1.89. The van der Waals surface area contributed by atoms with Crippen LogP contribution in [0.2, 0.25) is 0 Å². The van der Waals surface area contributed by atoms with E-state index in [1.165, 1.54) is 22.7 Å². The molecule has 16 heteroatoms. The number of oxime groups is 1. The van der Waals surface area contributed by atoms with E-state index in [1.807, 2.05) is 11.8 Å². The number of benzene rings is 1. The molecule has 0 saturated carbocycles. The molecule has 0 atom stereocenters. The summed E-state index contributed by atoms with van der Waals surface area (Å²) < 4.78 is 36.0. The van der Waals surface area contributed by atoms with E-state index in [0.29, 0.717) is 60.7 Å². The fourth-order valence-corrected chi connectivity index (χ4v) is 6.45. The number of ether oxygens (including phenoxy) is 1. The molecule has 2 aromatic heterocycles. The summed E-state index contributed by atoms with van der Waals surface area (Å²) in [5, 5.41) is 21.9. The Morgan fingerprint density at radius 1 is 1.24 bits per heavy atom. The molecule has 2 N–H and O–H groups in total. The molecule has 0 radical (unpaired) electrons. The van der Waals surface area contributed by atoms with Crippen LogP contribution in [0.5, 0.6) is 5.75 Å². The normalized spacial score (nSPS) is 15.1. The number of aromatic nitrogens is 3. The summed E-state index contributed by atoms with van der Waals surface area (Å²) in [6, 6.07) is 4.45. The van der Waals surface area contributed by atoms with Crippen molar-refractivity contribution in [1.82, 2.24) is 23.7 Å². The summed E-state index contributed by atoms with van der Waals surface area (Å²) in [4.78, 5) is 37.4. The third-order valence-corrected chi connectivity index (χ3v) is 8.84. The third kappa shape index (κ3) is 6.18. The maximum absolute atomic E-state index is 13.6. The minimum absolute atomic E-state index is 0.0128. The Morgan fingerprint density at radius 2 is 1.98 bits per heavy atom. The monoisotopic (exact) mass is 591 g/mol. The van der Waals surface area contributed by atoms with Gasteiger partial charge in [-0.05, 0) is 31.5 Å². The first kappa shape index (κ1) is 30.0. The molecule has 1 saturated heterocycles. The summed E-state index contributed by atoms with van der Waals surface area (Å²) in [6.07, 6.45) is 2.59. The van der Waals surface area contributed by atoms with Crippen LogP contribution in [-0.2, 0) is 28.3 Å². The SMILES string of the molecule is CCCc1c(/C=N/O)n(C)c2c(=O)[nH]c(-c3cc(S(=O)(=O)N4CCN(CCO[N+](=O)[O-])CC4)ccc3OCC)nc12. The molecule has 41 heavy (non-hydrogen) atoms. The topological polar surface area (TPSA) is 185 Å². The largest absolute Gasteiger partial charge is 0.493 e. The van der Waals surface area contributed by atoms with Crippen molar-refractivity contribution >= 4 is 27.3 Å². The van der Waals surface area contributed by atoms with Crippen LogP contribution in [0, 0.1) is 10.1 Å². The molecule has 1 aliphatic rings. The number of fused-ring (bicyclic) bond motifs is 1. The highest BCUT2D eigenvalue weighted by Gasteiger charge is 2.30. The first-order valence-corrected chi connectivity index (χ1v) is 14.6. The number of aromatic amines is 1. The first-order chi connectivity index (χ1) is 19.6. The average Bonchev–Trinajstić information content (AvgIpc) is 3.20. The van der Waals surface area contributed by atoms with Crippen LogP contribution in [0.25, 0.3) is 22.4 Å². The number of hydrogen-bond acceptors (Lipinski definition) is 11. The molecule has 0 bridgehead atoms. The number of H-pyrrole nitrogens is 1. The van der Waals surface area contributed by atoms with Gasteiger partial charge in [0.1, 0.15) is 29.2 Å². The lowest BCUT2D eigenvalue weighted by Gasteiger charge is -2.33. The molecular formula is C25H33N7O8S. The van der Waals surface area contributed by atoms with Gasteiger partial charge in [0.25, 0.3) is 10.6 Å². The lowest BCUT2D eigenvalue weighted by molar-refractivity contribution is -0.757. The van der Waals surface area contributed by atoms with Crippen molar-refractivity contribution in [1.29, 1.82) is 0 Å². The minimum atomic E-state index is -3.92. The zero-order valence-electron chi connectivity index (χ0n) is 23.1. The molecule has 0 unspecified atom stereocenters. The molecule has 222 valence electrons. The van der Waals surface area contributed by atoms with E-state index in [4.69, 9.17) is 9.72 Å². The minimum Gasteiger partial charge on any atom is -0.493 e. The fourth-order valence-electron chi connectivity index (χ4n) is 5.00. The van der Waals surface area contributed by atoms with Crippen molar-refractivity contribution in [3.63, 3.8) is 0 Å². The highest BCUT2D eigenvalue weighted by molar-refractivity contribution is 7.89. The van der Waals surface area contributed by atoms with Gasteiger partial charge in [-0.1, -0.05) is 18.5 Å². The number of nitrogens with zero attached hydrogens (tertiary/aromatic N) is 6. The van der Waals surface area contributed by atoms with Gasteiger partial charge in [-0.25, -0.2) is 13.4 Å². The van der Waals surface area contributed by atoms with E-state index in [1.54, 1.807) is 24.6 Å². The molecule has 0 spiro atoms. The second kappa shape index (κ2) is 12.7. The number of rotatable bonds is 12. The maximum atomic E-state index is 13.6. The predicted molar refractivity (Wildman–Crippen MR) is 149 cm³/mol. The number of piperazine rings is 1.